The van der Waals surface area contributed by atoms with Crippen LogP contribution in [0.4, 0.5) is 5.82 Å². The van der Waals surface area contributed by atoms with Crippen LogP contribution in [-0.4, -0.2) is 26.7 Å². The lowest BCUT2D eigenvalue weighted by atomic mass is 9.85. The van der Waals surface area contributed by atoms with E-state index < -0.39 is 0 Å². The van der Waals surface area contributed by atoms with Gasteiger partial charge in [-0.25, -0.2) is 0 Å². The Morgan fingerprint density at radius 2 is 2.24 bits per heavy atom. The minimum atomic E-state index is 0.234. The molecule has 0 aliphatic carbocycles. The number of amidine groups is 1. The van der Waals surface area contributed by atoms with Crippen molar-refractivity contribution in [3.63, 3.8) is 0 Å². The second kappa shape index (κ2) is 4.72. The molecule has 1 aromatic heterocycles. The van der Waals surface area contributed by atoms with Crippen LogP contribution < -0.4 is 5.32 Å². The molecule has 1 atom stereocenters. The normalized spacial score (nSPS) is 21.2. The Kier molecular flexibility index (Phi) is 3.47. The van der Waals surface area contributed by atoms with E-state index in [1.54, 1.807) is 16.4 Å². The zero-order chi connectivity index (χ0) is 12.5. The topological polar surface area (TPSA) is 42.2 Å². The van der Waals surface area contributed by atoms with E-state index in [1.165, 1.54) is 0 Å². The number of aliphatic imine (C=N–C) groups is 1. The van der Waals surface area contributed by atoms with E-state index in [0.29, 0.717) is 6.04 Å². The summed E-state index contributed by atoms with van der Waals surface area (Å²) in [4.78, 5) is 4.78. The van der Waals surface area contributed by atoms with Crippen LogP contribution in [-0.2, 0) is 7.05 Å². The van der Waals surface area contributed by atoms with Crippen LogP contribution in [0.5, 0.6) is 0 Å². The Bertz CT molecular complexity index is 416. The smallest absolute Gasteiger partial charge is 0.162 e. The standard InChI is InChI=1S/C12H20N4S/c1-12(2,3)9-6-8-17-11(13-9)14-10-5-7-16(4)15-10/h5,7,9H,6,8H2,1-4H3,(H,13,14,15). The molecular formula is C12H20N4S. The minimum Gasteiger partial charge on any atom is -0.318 e. The maximum absolute atomic E-state index is 4.78. The predicted molar refractivity (Wildman–Crippen MR) is 74.6 cm³/mol. The number of nitrogens with one attached hydrogen (secondary N) is 1. The van der Waals surface area contributed by atoms with Crippen molar-refractivity contribution >= 4 is 22.7 Å². The first-order valence-electron chi connectivity index (χ1n) is 5.92. The third-order valence-electron chi connectivity index (χ3n) is 2.85. The molecule has 0 amide bonds. The molecule has 4 nitrogen and oxygen atoms in total. The fourth-order valence-corrected chi connectivity index (χ4v) is 2.71. The third-order valence-corrected chi connectivity index (χ3v) is 3.77. The highest BCUT2D eigenvalue weighted by Crippen LogP contribution is 2.30. The molecule has 1 unspecified atom stereocenters. The molecule has 1 aliphatic rings. The Morgan fingerprint density at radius 3 is 2.82 bits per heavy atom. The van der Waals surface area contributed by atoms with Crippen molar-refractivity contribution < 1.29 is 0 Å². The van der Waals surface area contributed by atoms with Gasteiger partial charge in [-0.1, -0.05) is 32.5 Å². The molecule has 2 rings (SSSR count). The lowest BCUT2D eigenvalue weighted by molar-refractivity contribution is 0.316. The Labute approximate surface area is 107 Å². The monoisotopic (exact) mass is 252 g/mol. The number of thioether (sulfide) groups is 1. The molecule has 5 heteroatoms. The number of nitrogens with zero attached hydrogens (tertiary/aromatic N) is 3. The van der Waals surface area contributed by atoms with Gasteiger partial charge in [-0.3, -0.25) is 9.67 Å². The number of aryl methyl sites for hydroxylation is 1. The summed E-state index contributed by atoms with van der Waals surface area (Å²) in [6.45, 7) is 6.74. The first kappa shape index (κ1) is 12.5. The Morgan fingerprint density at radius 1 is 1.47 bits per heavy atom. The molecule has 0 radical (unpaired) electrons. The lowest BCUT2D eigenvalue weighted by Crippen LogP contribution is -2.30. The molecule has 0 fully saturated rings. The molecule has 0 saturated heterocycles. The number of aromatic nitrogens is 2. The second-order valence-corrected chi connectivity index (χ2v) is 6.54. The fourth-order valence-electron chi connectivity index (χ4n) is 1.80. The van der Waals surface area contributed by atoms with Gasteiger partial charge in [-0.05, 0) is 11.8 Å². The molecule has 1 N–H and O–H groups in total. The molecule has 1 aliphatic heterocycles. The summed E-state index contributed by atoms with van der Waals surface area (Å²) >= 11 is 1.78. The summed E-state index contributed by atoms with van der Waals surface area (Å²) in [6, 6.07) is 2.36. The molecule has 94 valence electrons. The maximum Gasteiger partial charge on any atom is 0.162 e. The van der Waals surface area contributed by atoms with E-state index in [1.807, 2.05) is 19.3 Å². The molecule has 0 saturated carbocycles. The van der Waals surface area contributed by atoms with Gasteiger partial charge in [0.25, 0.3) is 0 Å². The minimum absolute atomic E-state index is 0.234. The van der Waals surface area contributed by atoms with Gasteiger partial charge >= 0.3 is 0 Å². The van der Waals surface area contributed by atoms with E-state index in [9.17, 15) is 0 Å². The number of hydrogen-bond acceptors (Lipinski definition) is 4. The van der Waals surface area contributed by atoms with Crippen molar-refractivity contribution in [2.24, 2.45) is 17.5 Å². The molecule has 0 spiro atoms. The predicted octanol–water partition coefficient (Wildman–Crippen LogP) is 2.74. The first-order chi connectivity index (χ1) is 7.95. The van der Waals surface area contributed by atoms with Crippen molar-refractivity contribution in [3.05, 3.63) is 12.3 Å². The zero-order valence-corrected chi connectivity index (χ0v) is 11.7. The average molecular weight is 252 g/mol. The quantitative estimate of drug-likeness (QED) is 0.835. The molecule has 2 heterocycles. The third kappa shape index (κ3) is 3.25. The first-order valence-corrected chi connectivity index (χ1v) is 6.91. The van der Waals surface area contributed by atoms with Crippen molar-refractivity contribution in [2.45, 2.75) is 33.2 Å². The Hall–Kier alpha value is -0.970. The summed E-state index contributed by atoms with van der Waals surface area (Å²) < 4.78 is 1.79. The molecule has 17 heavy (non-hydrogen) atoms. The number of hydrogen-bond donors (Lipinski definition) is 1. The van der Waals surface area contributed by atoms with E-state index in [2.05, 4.69) is 31.2 Å². The lowest BCUT2D eigenvalue weighted by Gasteiger charge is -2.30. The summed E-state index contributed by atoms with van der Waals surface area (Å²) in [6.07, 6.45) is 3.08. The molecular weight excluding hydrogens is 232 g/mol. The number of anilines is 1. The van der Waals surface area contributed by atoms with Crippen LogP contribution in [0.2, 0.25) is 0 Å². The Balaban J connectivity index is 2.08. The van der Waals surface area contributed by atoms with Gasteiger partial charge in [0.2, 0.25) is 0 Å². The van der Waals surface area contributed by atoms with Crippen LogP contribution >= 0.6 is 11.8 Å². The summed E-state index contributed by atoms with van der Waals surface area (Å²) in [5.41, 5.74) is 0.234. The highest BCUT2D eigenvalue weighted by atomic mass is 32.2. The maximum atomic E-state index is 4.78. The highest BCUT2D eigenvalue weighted by Gasteiger charge is 2.27. The van der Waals surface area contributed by atoms with Crippen molar-refractivity contribution in [2.75, 3.05) is 11.1 Å². The second-order valence-electron chi connectivity index (χ2n) is 5.45. The van der Waals surface area contributed by atoms with E-state index in [0.717, 1.165) is 23.2 Å². The van der Waals surface area contributed by atoms with Crippen molar-refractivity contribution in [1.29, 1.82) is 0 Å². The average Bonchev–Trinajstić information content (AvgIpc) is 2.63. The van der Waals surface area contributed by atoms with Crippen molar-refractivity contribution in [1.82, 2.24) is 9.78 Å². The largest absolute Gasteiger partial charge is 0.318 e. The highest BCUT2D eigenvalue weighted by molar-refractivity contribution is 8.14. The fraction of sp³-hybridized carbons (Fsp3) is 0.667. The van der Waals surface area contributed by atoms with E-state index in [4.69, 9.17) is 4.99 Å². The van der Waals surface area contributed by atoms with Gasteiger partial charge in [-0.2, -0.15) is 5.10 Å². The van der Waals surface area contributed by atoms with Crippen LogP contribution in [0.15, 0.2) is 17.3 Å². The zero-order valence-electron chi connectivity index (χ0n) is 10.9. The van der Waals surface area contributed by atoms with Gasteiger partial charge in [0.15, 0.2) is 11.0 Å². The number of rotatable bonds is 1. The van der Waals surface area contributed by atoms with Gasteiger partial charge in [0.05, 0.1) is 6.04 Å². The van der Waals surface area contributed by atoms with Gasteiger partial charge in [0.1, 0.15) is 0 Å². The van der Waals surface area contributed by atoms with Crippen molar-refractivity contribution in [3.8, 4) is 0 Å². The van der Waals surface area contributed by atoms with Crippen LogP contribution in [0.25, 0.3) is 0 Å². The summed E-state index contributed by atoms with van der Waals surface area (Å²) in [5.74, 6) is 1.99. The van der Waals surface area contributed by atoms with Gasteiger partial charge in [-0.15, -0.1) is 0 Å². The van der Waals surface area contributed by atoms with Gasteiger partial charge in [0, 0.05) is 25.1 Å². The molecule has 0 bridgehead atoms. The van der Waals surface area contributed by atoms with Crippen LogP contribution in [0, 0.1) is 5.41 Å². The van der Waals surface area contributed by atoms with Crippen LogP contribution in [0.3, 0.4) is 0 Å². The van der Waals surface area contributed by atoms with Crippen LogP contribution in [0.1, 0.15) is 27.2 Å². The van der Waals surface area contributed by atoms with E-state index >= 15 is 0 Å². The van der Waals surface area contributed by atoms with E-state index in [-0.39, 0.29) is 5.41 Å². The van der Waals surface area contributed by atoms with Gasteiger partial charge < -0.3 is 5.32 Å². The molecule has 1 aromatic rings. The summed E-state index contributed by atoms with van der Waals surface area (Å²) in [7, 11) is 1.92. The SMILES string of the molecule is Cn1ccc(NC2=NC(C(C)(C)C)CCS2)n1. The molecule has 0 aromatic carbocycles. The summed E-state index contributed by atoms with van der Waals surface area (Å²) in [5, 5.41) is 8.58.